The molecule has 3 aromatic rings. The molecule has 0 aliphatic carbocycles. The Morgan fingerprint density at radius 3 is 2.61 bits per heavy atom. The van der Waals surface area contributed by atoms with E-state index in [1.807, 2.05) is 31.2 Å². The van der Waals surface area contributed by atoms with E-state index in [0.717, 1.165) is 15.9 Å². The summed E-state index contributed by atoms with van der Waals surface area (Å²) < 4.78 is 8.07. The monoisotopic (exact) mass is 381 g/mol. The summed E-state index contributed by atoms with van der Waals surface area (Å²) in [6, 6.07) is 14.5. The number of hydrogen-bond acceptors (Lipinski definition) is 4. The molecule has 0 saturated carbocycles. The van der Waals surface area contributed by atoms with Crippen LogP contribution < -0.4 is 21.3 Å². The van der Waals surface area contributed by atoms with Gasteiger partial charge in [0.1, 0.15) is 18.9 Å². The Kier molecular flexibility index (Phi) is 5.93. The number of carbonyl (C=O) groups is 1. The number of para-hydroxylation sites is 1. The zero-order valence-corrected chi connectivity index (χ0v) is 16.0. The summed E-state index contributed by atoms with van der Waals surface area (Å²) in [4.78, 5) is 37.4. The number of nitrogens with one attached hydrogen (secondary N) is 1. The number of amides is 1. The quantitative estimate of drug-likeness (QED) is 0.632. The molecule has 7 heteroatoms. The standard InChI is InChI=1S/C21H23N3O4/c1-3-23-20(26)17-9-4-5-10-18(17)24(21(23)27)14-19(25)22-11-12-28-16-8-6-7-15(2)13-16/h4-10,13H,3,11-12,14H2,1-2H3,(H,22,25). The molecule has 3 rings (SSSR count). The molecule has 1 heterocycles. The maximum atomic E-state index is 12.6. The molecule has 0 unspecified atom stereocenters. The van der Waals surface area contributed by atoms with Gasteiger partial charge in [0.2, 0.25) is 5.91 Å². The average molecular weight is 381 g/mol. The second-order valence-electron chi connectivity index (χ2n) is 6.45. The number of aromatic nitrogens is 2. The van der Waals surface area contributed by atoms with E-state index in [0.29, 0.717) is 24.1 Å². The Bertz CT molecular complexity index is 1110. The molecule has 0 radical (unpaired) electrons. The van der Waals surface area contributed by atoms with Gasteiger partial charge in [0.05, 0.1) is 17.4 Å². The lowest BCUT2D eigenvalue weighted by molar-refractivity contribution is -0.121. The summed E-state index contributed by atoms with van der Waals surface area (Å²) in [5, 5.41) is 3.17. The topological polar surface area (TPSA) is 82.3 Å². The number of benzene rings is 2. The summed E-state index contributed by atoms with van der Waals surface area (Å²) in [5.74, 6) is 0.424. The Labute approximate surface area is 162 Å². The summed E-state index contributed by atoms with van der Waals surface area (Å²) in [6.07, 6.45) is 0. The predicted molar refractivity (Wildman–Crippen MR) is 108 cm³/mol. The summed E-state index contributed by atoms with van der Waals surface area (Å²) in [7, 11) is 0. The fraction of sp³-hybridized carbons (Fsp3) is 0.286. The number of nitrogens with zero attached hydrogens (tertiary/aromatic N) is 2. The van der Waals surface area contributed by atoms with Gasteiger partial charge in [-0.3, -0.25) is 18.7 Å². The van der Waals surface area contributed by atoms with E-state index in [-0.39, 0.29) is 24.6 Å². The van der Waals surface area contributed by atoms with Gasteiger partial charge >= 0.3 is 5.69 Å². The van der Waals surface area contributed by atoms with Crippen molar-refractivity contribution >= 4 is 16.8 Å². The third-order valence-electron chi connectivity index (χ3n) is 4.43. The normalized spacial score (nSPS) is 10.8. The van der Waals surface area contributed by atoms with Crippen molar-refractivity contribution < 1.29 is 9.53 Å². The van der Waals surface area contributed by atoms with Crippen LogP contribution in [0.3, 0.4) is 0 Å². The lowest BCUT2D eigenvalue weighted by Crippen LogP contribution is -2.42. The van der Waals surface area contributed by atoms with Gasteiger partial charge in [-0.1, -0.05) is 24.3 Å². The van der Waals surface area contributed by atoms with Crippen LogP contribution in [0.2, 0.25) is 0 Å². The Balaban J connectivity index is 1.69. The first kappa shape index (κ1) is 19.4. The molecule has 0 aliphatic rings. The molecule has 7 nitrogen and oxygen atoms in total. The van der Waals surface area contributed by atoms with Gasteiger partial charge in [0, 0.05) is 6.54 Å². The van der Waals surface area contributed by atoms with E-state index in [4.69, 9.17) is 4.74 Å². The van der Waals surface area contributed by atoms with Crippen molar-refractivity contribution in [1.29, 1.82) is 0 Å². The molecule has 146 valence electrons. The van der Waals surface area contributed by atoms with E-state index in [1.54, 1.807) is 31.2 Å². The highest BCUT2D eigenvalue weighted by atomic mass is 16.5. The van der Waals surface area contributed by atoms with Crippen LogP contribution in [-0.4, -0.2) is 28.2 Å². The molecule has 0 saturated heterocycles. The van der Waals surface area contributed by atoms with Crippen LogP contribution in [0.1, 0.15) is 12.5 Å². The van der Waals surface area contributed by atoms with Gasteiger partial charge in [-0.25, -0.2) is 4.79 Å². The van der Waals surface area contributed by atoms with Crippen molar-refractivity contribution in [3.63, 3.8) is 0 Å². The minimum absolute atomic E-state index is 0.163. The number of carbonyl (C=O) groups excluding carboxylic acids is 1. The molecule has 1 N–H and O–H groups in total. The molecule has 2 aromatic carbocycles. The fourth-order valence-electron chi connectivity index (χ4n) is 3.07. The van der Waals surface area contributed by atoms with Crippen LogP contribution in [0.4, 0.5) is 0 Å². The Morgan fingerprint density at radius 1 is 1.07 bits per heavy atom. The first-order chi connectivity index (χ1) is 13.5. The molecule has 1 aromatic heterocycles. The fourth-order valence-corrected chi connectivity index (χ4v) is 3.07. The van der Waals surface area contributed by atoms with E-state index >= 15 is 0 Å². The first-order valence-electron chi connectivity index (χ1n) is 9.19. The average Bonchev–Trinajstić information content (AvgIpc) is 2.69. The number of fused-ring (bicyclic) bond motifs is 1. The van der Waals surface area contributed by atoms with E-state index in [1.165, 1.54) is 4.57 Å². The molecule has 0 bridgehead atoms. The maximum absolute atomic E-state index is 12.6. The van der Waals surface area contributed by atoms with Crippen LogP contribution in [0.15, 0.2) is 58.1 Å². The molecular formula is C21H23N3O4. The van der Waals surface area contributed by atoms with Gasteiger partial charge < -0.3 is 10.1 Å². The third kappa shape index (κ3) is 4.14. The highest BCUT2D eigenvalue weighted by Gasteiger charge is 2.14. The maximum Gasteiger partial charge on any atom is 0.331 e. The molecule has 0 aliphatic heterocycles. The van der Waals surface area contributed by atoms with Gasteiger partial charge in [-0.15, -0.1) is 0 Å². The lowest BCUT2D eigenvalue weighted by atomic mass is 10.2. The molecule has 28 heavy (non-hydrogen) atoms. The predicted octanol–water partition coefficient (Wildman–Crippen LogP) is 1.69. The minimum Gasteiger partial charge on any atom is -0.492 e. The van der Waals surface area contributed by atoms with E-state index in [2.05, 4.69) is 5.32 Å². The highest BCUT2D eigenvalue weighted by molar-refractivity contribution is 5.81. The van der Waals surface area contributed by atoms with Crippen LogP contribution in [0.5, 0.6) is 5.75 Å². The lowest BCUT2D eigenvalue weighted by Gasteiger charge is -2.13. The molecule has 0 atom stereocenters. The van der Waals surface area contributed by atoms with Gasteiger partial charge in [0.25, 0.3) is 5.56 Å². The molecular weight excluding hydrogens is 358 g/mol. The minimum atomic E-state index is -0.489. The van der Waals surface area contributed by atoms with Crippen LogP contribution in [0, 0.1) is 6.92 Å². The van der Waals surface area contributed by atoms with Crippen LogP contribution in [-0.2, 0) is 17.9 Å². The van der Waals surface area contributed by atoms with Crippen molar-refractivity contribution in [2.75, 3.05) is 13.2 Å². The van der Waals surface area contributed by atoms with E-state index < -0.39 is 5.69 Å². The van der Waals surface area contributed by atoms with Crippen LogP contribution >= 0.6 is 0 Å². The molecule has 1 amide bonds. The van der Waals surface area contributed by atoms with Crippen molar-refractivity contribution in [2.45, 2.75) is 26.9 Å². The Morgan fingerprint density at radius 2 is 1.86 bits per heavy atom. The number of rotatable bonds is 7. The summed E-state index contributed by atoms with van der Waals surface area (Å²) in [5.41, 5.74) is 0.718. The van der Waals surface area contributed by atoms with Crippen LogP contribution in [0.25, 0.3) is 10.9 Å². The second kappa shape index (κ2) is 8.56. The number of hydrogen-bond donors (Lipinski definition) is 1. The summed E-state index contributed by atoms with van der Waals surface area (Å²) in [6.45, 7) is 4.42. The van der Waals surface area contributed by atoms with Crippen molar-refractivity contribution in [3.05, 3.63) is 74.9 Å². The zero-order valence-electron chi connectivity index (χ0n) is 16.0. The van der Waals surface area contributed by atoms with Gasteiger partial charge in [-0.05, 0) is 43.7 Å². The third-order valence-corrected chi connectivity index (χ3v) is 4.43. The largest absolute Gasteiger partial charge is 0.492 e. The first-order valence-corrected chi connectivity index (χ1v) is 9.19. The smallest absolute Gasteiger partial charge is 0.331 e. The molecule has 0 fully saturated rings. The van der Waals surface area contributed by atoms with Gasteiger partial charge in [-0.2, -0.15) is 0 Å². The van der Waals surface area contributed by atoms with Crippen molar-refractivity contribution in [2.24, 2.45) is 0 Å². The van der Waals surface area contributed by atoms with Crippen molar-refractivity contribution in [3.8, 4) is 5.75 Å². The van der Waals surface area contributed by atoms with Crippen molar-refractivity contribution in [1.82, 2.24) is 14.5 Å². The Hall–Kier alpha value is -3.35. The summed E-state index contributed by atoms with van der Waals surface area (Å²) >= 11 is 0. The number of ether oxygens (including phenoxy) is 1. The van der Waals surface area contributed by atoms with E-state index in [9.17, 15) is 14.4 Å². The number of aryl methyl sites for hydroxylation is 1. The highest BCUT2D eigenvalue weighted by Crippen LogP contribution is 2.11. The SMILES string of the molecule is CCn1c(=O)c2ccccc2n(CC(=O)NCCOc2cccc(C)c2)c1=O. The van der Waals surface area contributed by atoms with Gasteiger partial charge in [0.15, 0.2) is 0 Å². The second-order valence-corrected chi connectivity index (χ2v) is 6.45. The molecule has 0 spiro atoms. The zero-order chi connectivity index (χ0) is 20.1.